The van der Waals surface area contributed by atoms with E-state index in [-0.39, 0.29) is 5.78 Å². The first kappa shape index (κ1) is 18.1. The minimum Gasteiger partial charge on any atom is -0.422 e. The molecule has 1 spiro atoms. The summed E-state index contributed by atoms with van der Waals surface area (Å²) in [6.45, 7) is 8.36. The van der Waals surface area contributed by atoms with Crippen LogP contribution >= 0.6 is 15.9 Å². The number of cyclic esters (lactones) is 2. The Labute approximate surface area is 155 Å². The lowest BCUT2D eigenvalue weighted by atomic mass is 9.85. The van der Waals surface area contributed by atoms with E-state index in [1.54, 1.807) is 20.8 Å². The third-order valence-corrected chi connectivity index (χ3v) is 5.34. The first-order chi connectivity index (χ1) is 11.4. The van der Waals surface area contributed by atoms with Crippen molar-refractivity contribution in [2.45, 2.75) is 46.3 Å². The van der Waals surface area contributed by atoms with Crippen molar-refractivity contribution in [1.82, 2.24) is 0 Å². The summed E-state index contributed by atoms with van der Waals surface area (Å²) in [5, 5.41) is 0. The summed E-state index contributed by atoms with van der Waals surface area (Å²) in [5.41, 5.74) is -1.51. The van der Waals surface area contributed by atoms with Crippen LogP contribution in [0.5, 0.6) is 0 Å². The molecule has 2 unspecified atom stereocenters. The van der Waals surface area contributed by atoms with E-state index in [4.69, 9.17) is 9.47 Å². The molecule has 1 aliphatic heterocycles. The zero-order chi connectivity index (χ0) is 18.8. The van der Waals surface area contributed by atoms with Crippen LogP contribution in [0, 0.1) is 16.7 Å². The quantitative estimate of drug-likeness (QED) is 0.552. The van der Waals surface area contributed by atoms with E-state index < -0.39 is 40.4 Å². The fourth-order valence-corrected chi connectivity index (χ4v) is 3.83. The van der Waals surface area contributed by atoms with Gasteiger partial charge in [0.25, 0.3) is 5.79 Å². The molecule has 134 valence electrons. The summed E-state index contributed by atoms with van der Waals surface area (Å²) in [6.07, 6.45) is 0. The molecule has 0 bridgehead atoms. The van der Waals surface area contributed by atoms with Crippen molar-refractivity contribution in [3.8, 4) is 0 Å². The molecule has 1 aromatic rings. The molecular formula is C19H21BrO5. The summed E-state index contributed by atoms with van der Waals surface area (Å²) in [6, 6.07) is 7.27. The van der Waals surface area contributed by atoms with Crippen LogP contribution in [0.2, 0.25) is 0 Å². The van der Waals surface area contributed by atoms with Crippen LogP contribution in [-0.2, 0) is 23.9 Å². The highest BCUT2D eigenvalue weighted by atomic mass is 79.9. The van der Waals surface area contributed by atoms with Crippen molar-refractivity contribution >= 4 is 33.7 Å². The highest BCUT2D eigenvalue weighted by Gasteiger charge is 2.82. The maximum absolute atomic E-state index is 13.0. The molecule has 6 heteroatoms. The van der Waals surface area contributed by atoms with Gasteiger partial charge in [0.1, 0.15) is 5.78 Å². The molecule has 1 heterocycles. The molecule has 5 nitrogen and oxygen atoms in total. The van der Waals surface area contributed by atoms with Gasteiger partial charge >= 0.3 is 11.9 Å². The number of Topliss-reactive ketones (excluding diaryl/α,β-unsaturated/α-hetero) is 1. The molecule has 0 aromatic heterocycles. The lowest BCUT2D eigenvalue weighted by Gasteiger charge is -2.34. The van der Waals surface area contributed by atoms with Gasteiger partial charge in [0.15, 0.2) is 5.41 Å². The third-order valence-electron chi connectivity index (χ3n) is 4.81. The molecule has 1 aromatic carbocycles. The average molecular weight is 409 g/mol. The van der Waals surface area contributed by atoms with Gasteiger partial charge in [-0.05, 0) is 17.7 Å². The maximum atomic E-state index is 13.0. The van der Waals surface area contributed by atoms with Crippen molar-refractivity contribution in [3.63, 3.8) is 0 Å². The molecule has 0 amide bonds. The van der Waals surface area contributed by atoms with E-state index in [1.807, 2.05) is 24.3 Å². The molecule has 0 N–H and O–H groups in total. The number of rotatable bonds is 2. The first-order valence-corrected chi connectivity index (χ1v) is 8.97. The van der Waals surface area contributed by atoms with Gasteiger partial charge in [0.05, 0.1) is 5.92 Å². The average Bonchev–Trinajstić information content (AvgIpc) is 3.14. The zero-order valence-electron chi connectivity index (χ0n) is 14.9. The zero-order valence-corrected chi connectivity index (χ0v) is 16.5. The fraction of sp³-hybridized carbons (Fsp3) is 0.526. The number of hydrogen-bond acceptors (Lipinski definition) is 5. The fourth-order valence-electron chi connectivity index (χ4n) is 3.57. The van der Waals surface area contributed by atoms with E-state index in [0.717, 1.165) is 10.0 Å². The Morgan fingerprint density at radius 1 is 1.04 bits per heavy atom. The van der Waals surface area contributed by atoms with Crippen molar-refractivity contribution in [3.05, 3.63) is 34.3 Å². The minimum absolute atomic E-state index is 0.144. The van der Waals surface area contributed by atoms with E-state index in [2.05, 4.69) is 15.9 Å². The lowest BCUT2D eigenvalue weighted by molar-refractivity contribution is -0.244. The Morgan fingerprint density at radius 3 is 1.96 bits per heavy atom. The largest absolute Gasteiger partial charge is 0.422 e. The highest BCUT2D eigenvalue weighted by Crippen LogP contribution is 2.69. The van der Waals surface area contributed by atoms with Gasteiger partial charge in [0.2, 0.25) is 0 Å². The van der Waals surface area contributed by atoms with Gasteiger partial charge in [0, 0.05) is 29.7 Å². The van der Waals surface area contributed by atoms with Crippen LogP contribution in [0.4, 0.5) is 0 Å². The predicted octanol–water partition coefficient (Wildman–Crippen LogP) is 3.60. The van der Waals surface area contributed by atoms with Gasteiger partial charge in [-0.1, -0.05) is 48.8 Å². The molecule has 2 fully saturated rings. The lowest BCUT2D eigenvalue weighted by Crippen LogP contribution is -2.49. The van der Waals surface area contributed by atoms with Crippen LogP contribution in [0.3, 0.4) is 0 Å². The van der Waals surface area contributed by atoms with Gasteiger partial charge < -0.3 is 9.47 Å². The van der Waals surface area contributed by atoms with Gasteiger partial charge in [-0.2, -0.15) is 0 Å². The molecule has 1 saturated carbocycles. The molecule has 2 aliphatic rings. The number of hydrogen-bond donors (Lipinski definition) is 0. The van der Waals surface area contributed by atoms with Crippen molar-refractivity contribution < 1.29 is 23.9 Å². The second kappa shape index (κ2) is 5.40. The third kappa shape index (κ3) is 2.71. The smallest absolute Gasteiger partial charge is 0.328 e. The number of carbonyl (C=O) groups is 3. The Hall–Kier alpha value is -1.69. The highest BCUT2D eigenvalue weighted by molar-refractivity contribution is 9.10. The molecule has 3 rings (SSSR count). The molecule has 25 heavy (non-hydrogen) atoms. The Bertz CT molecular complexity index is 737. The Morgan fingerprint density at radius 2 is 1.52 bits per heavy atom. The standard InChI is InChI=1S/C19H21BrO5/c1-17(2,3)14(21)13-12(10-6-8-11(20)9-7-10)19(13)15(22)24-18(4,5)25-16(19)23/h6-9,12-13H,1-5H3. The number of benzene rings is 1. The topological polar surface area (TPSA) is 69.7 Å². The summed E-state index contributed by atoms with van der Waals surface area (Å²) in [4.78, 5) is 38.6. The molecular weight excluding hydrogens is 388 g/mol. The molecule has 1 saturated heterocycles. The predicted molar refractivity (Wildman–Crippen MR) is 93.5 cm³/mol. The second-order valence-corrected chi connectivity index (χ2v) is 9.08. The molecule has 2 atom stereocenters. The van der Waals surface area contributed by atoms with E-state index in [0.29, 0.717) is 0 Å². The summed E-state index contributed by atoms with van der Waals surface area (Å²) in [7, 11) is 0. The minimum atomic E-state index is -1.58. The number of ether oxygens (including phenoxy) is 2. The van der Waals surface area contributed by atoms with E-state index in [9.17, 15) is 14.4 Å². The number of ketones is 1. The van der Waals surface area contributed by atoms with Crippen LogP contribution in [-0.4, -0.2) is 23.5 Å². The van der Waals surface area contributed by atoms with Crippen LogP contribution < -0.4 is 0 Å². The van der Waals surface area contributed by atoms with Gasteiger partial charge in [-0.3, -0.25) is 14.4 Å². The van der Waals surface area contributed by atoms with E-state index in [1.165, 1.54) is 13.8 Å². The molecule has 0 radical (unpaired) electrons. The Balaban J connectivity index is 2.09. The van der Waals surface area contributed by atoms with Crippen molar-refractivity contribution in [1.29, 1.82) is 0 Å². The normalized spacial score (nSPS) is 26.8. The maximum Gasteiger partial charge on any atom is 0.328 e. The molecule has 1 aliphatic carbocycles. The number of halogens is 1. The second-order valence-electron chi connectivity index (χ2n) is 8.17. The summed E-state index contributed by atoms with van der Waals surface area (Å²) in [5.74, 6) is -4.16. The van der Waals surface area contributed by atoms with Crippen LogP contribution in [0.15, 0.2) is 28.7 Å². The number of esters is 2. The van der Waals surface area contributed by atoms with Crippen molar-refractivity contribution in [2.75, 3.05) is 0 Å². The van der Waals surface area contributed by atoms with Gasteiger partial charge in [-0.25, -0.2) is 0 Å². The van der Waals surface area contributed by atoms with Crippen LogP contribution in [0.1, 0.15) is 46.1 Å². The number of carbonyl (C=O) groups excluding carboxylic acids is 3. The van der Waals surface area contributed by atoms with Gasteiger partial charge in [-0.15, -0.1) is 0 Å². The summed E-state index contributed by atoms with van der Waals surface area (Å²) >= 11 is 3.37. The SMILES string of the molecule is CC1(C)OC(=O)C2(C(=O)O1)C(C(=O)C(C)(C)C)C2c1ccc(Br)cc1. The summed E-state index contributed by atoms with van der Waals surface area (Å²) < 4.78 is 11.6. The van der Waals surface area contributed by atoms with E-state index >= 15 is 0 Å². The Kier molecular flexibility index (Phi) is 3.91. The monoisotopic (exact) mass is 408 g/mol. The van der Waals surface area contributed by atoms with Crippen LogP contribution in [0.25, 0.3) is 0 Å². The first-order valence-electron chi connectivity index (χ1n) is 8.18. The van der Waals surface area contributed by atoms with Crippen molar-refractivity contribution in [2.24, 2.45) is 16.7 Å².